The van der Waals surface area contributed by atoms with Crippen molar-refractivity contribution >= 4 is 38.4 Å². The van der Waals surface area contributed by atoms with Crippen LogP contribution in [0, 0.1) is 5.92 Å². The summed E-state index contributed by atoms with van der Waals surface area (Å²) < 4.78 is 24.1. The average molecular weight is 412 g/mol. The topological polar surface area (TPSA) is 49.9 Å². The van der Waals surface area contributed by atoms with Crippen LogP contribution in [0.3, 0.4) is 0 Å². The van der Waals surface area contributed by atoms with Crippen molar-refractivity contribution in [2.24, 2.45) is 5.92 Å². The lowest BCUT2D eigenvalue weighted by Gasteiger charge is -2.19. The summed E-state index contributed by atoms with van der Waals surface area (Å²) in [6.07, 6.45) is 6.14. The third-order valence-corrected chi connectivity index (χ3v) is 7.02. The summed E-state index contributed by atoms with van der Waals surface area (Å²) in [5, 5.41) is 2.82. The van der Waals surface area contributed by atoms with E-state index in [-0.39, 0.29) is 11.7 Å². The van der Waals surface area contributed by atoms with Crippen LogP contribution in [0.1, 0.15) is 41.0 Å². The number of hydrogen-bond donors (Lipinski definition) is 1. The zero-order chi connectivity index (χ0) is 19.9. The minimum absolute atomic E-state index is 0.0589. The summed E-state index contributed by atoms with van der Waals surface area (Å²) in [6, 6.07) is 11.9. The van der Waals surface area contributed by atoms with E-state index in [0.717, 1.165) is 38.0 Å². The van der Waals surface area contributed by atoms with E-state index in [4.69, 9.17) is 11.6 Å². The third-order valence-electron chi connectivity index (χ3n) is 5.47. The van der Waals surface area contributed by atoms with Gasteiger partial charge in [-0.05, 0) is 47.1 Å². The van der Waals surface area contributed by atoms with E-state index in [1.165, 1.54) is 18.4 Å². The van der Waals surface area contributed by atoms with Crippen molar-refractivity contribution in [3.63, 3.8) is 0 Å². The maximum Gasteiger partial charge on any atom is 0.175 e. The van der Waals surface area contributed by atoms with Crippen LogP contribution in [0.5, 0.6) is 0 Å². The van der Waals surface area contributed by atoms with Crippen LogP contribution in [-0.4, -0.2) is 13.4 Å². The number of H-pyrrole nitrogens is 1. The first kappa shape index (κ1) is 19.0. The Morgan fingerprint density at radius 2 is 1.96 bits per heavy atom. The van der Waals surface area contributed by atoms with Gasteiger partial charge in [-0.15, -0.1) is 0 Å². The lowest BCUT2D eigenvalue weighted by atomic mass is 9.86. The van der Waals surface area contributed by atoms with E-state index in [9.17, 15) is 8.42 Å². The number of rotatable bonds is 7. The Balaban J connectivity index is 1.83. The number of hydrogen-bond acceptors (Lipinski definition) is 2. The number of nitrogens with one attached hydrogen (secondary N) is 1. The predicted octanol–water partition coefficient (Wildman–Crippen LogP) is 6.06. The Labute approximate surface area is 170 Å². The molecule has 2 aromatic carbocycles. The molecule has 0 bridgehead atoms. The molecule has 1 aliphatic rings. The Hall–Kier alpha value is -2.30. The van der Waals surface area contributed by atoms with Gasteiger partial charge in [-0.2, -0.15) is 0 Å². The average Bonchev–Trinajstić information content (AvgIpc) is 3.42. The van der Waals surface area contributed by atoms with Gasteiger partial charge in [-0.25, -0.2) is 8.42 Å². The summed E-state index contributed by atoms with van der Waals surface area (Å²) in [5.41, 5.74) is 4.90. The standard InChI is InChI=1S/C23H22ClNO2S/c1-3-15-8-11-19(21(24)12-15)22(16-9-10-16)20-13-25-23-17(6-5-7-18(20)23)14-28(26,27)4-2/h3-8,11-13,16,22,25H,1-2,9-10,14H2. The third kappa shape index (κ3) is 3.54. The van der Waals surface area contributed by atoms with Gasteiger partial charge in [-0.1, -0.05) is 61.2 Å². The lowest BCUT2D eigenvalue weighted by molar-refractivity contribution is 0.604. The fourth-order valence-corrected chi connectivity index (χ4v) is 5.02. The minimum atomic E-state index is -3.33. The molecule has 1 aliphatic carbocycles. The van der Waals surface area contributed by atoms with Crippen molar-refractivity contribution in [1.82, 2.24) is 4.98 Å². The predicted molar refractivity (Wildman–Crippen MR) is 117 cm³/mol. The van der Waals surface area contributed by atoms with E-state index in [0.29, 0.717) is 5.92 Å². The molecule has 4 rings (SSSR count). The Morgan fingerprint density at radius 3 is 2.61 bits per heavy atom. The largest absolute Gasteiger partial charge is 0.361 e. The molecule has 1 saturated carbocycles. The molecule has 0 radical (unpaired) electrons. The lowest BCUT2D eigenvalue weighted by Crippen LogP contribution is -2.04. The quantitative estimate of drug-likeness (QED) is 0.513. The second-order valence-corrected chi connectivity index (χ2v) is 9.71. The molecule has 0 spiro atoms. The van der Waals surface area contributed by atoms with Crippen LogP contribution in [-0.2, 0) is 15.6 Å². The highest BCUT2D eigenvalue weighted by atomic mass is 35.5. The Morgan fingerprint density at radius 1 is 1.18 bits per heavy atom. The van der Waals surface area contributed by atoms with Crippen molar-refractivity contribution in [3.05, 3.63) is 88.4 Å². The number of aromatic amines is 1. The van der Waals surface area contributed by atoms with Gasteiger partial charge in [0, 0.05) is 33.4 Å². The van der Waals surface area contributed by atoms with Crippen molar-refractivity contribution in [3.8, 4) is 0 Å². The van der Waals surface area contributed by atoms with Crippen molar-refractivity contribution in [1.29, 1.82) is 0 Å². The fourth-order valence-electron chi connectivity index (χ4n) is 3.92. The van der Waals surface area contributed by atoms with Crippen LogP contribution in [0.25, 0.3) is 17.0 Å². The van der Waals surface area contributed by atoms with Crippen molar-refractivity contribution in [2.75, 3.05) is 0 Å². The van der Waals surface area contributed by atoms with E-state index >= 15 is 0 Å². The van der Waals surface area contributed by atoms with Crippen molar-refractivity contribution in [2.45, 2.75) is 24.5 Å². The second-order valence-electron chi connectivity index (χ2n) is 7.36. The highest BCUT2D eigenvalue weighted by Gasteiger charge is 2.36. The van der Waals surface area contributed by atoms with Gasteiger partial charge >= 0.3 is 0 Å². The number of halogens is 1. The summed E-state index contributed by atoms with van der Waals surface area (Å²) in [5.74, 6) is 0.675. The highest BCUT2D eigenvalue weighted by molar-refractivity contribution is 7.93. The SMILES string of the molecule is C=Cc1ccc(C(c2c[nH]c3c(CS(=O)(=O)C=C)cccc23)C2CC2)c(Cl)c1. The highest BCUT2D eigenvalue weighted by Crippen LogP contribution is 2.50. The zero-order valence-corrected chi connectivity index (χ0v) is 17.1. The molecule has 0 aliphatic heterocycles. The van der Waals surface area contributed by atoms with Gasteiger partial charge < -0.3 is 4.98 Å². The molecule has 0 saturated heterocycles. The van der Waals surface area contributed by atoms with E-state index in [1.807, 2.05) is 36.5 Å². The molecule has 1 atom stereocenters. The van der Waals surface area contributed by atoms with Crippen LogP contribution >= 0.6 is 11.6 Å². The maximum absolute atomic E-state index is 12.0. The smallest absolute Gasteiger partial charge is 0.175 e. The first-order valence-corrected chi connectivity index (χ1v) is 11.4. The normalized spacial score (nSPS) is 15.5. The van der Waals surface area contributed by atoms with Gasteiger partial charge in [0.2, 0.25) is 0 Å². The Kier molecular flexibility index (Phi) is 4.94. The molecular weight excluding hydrogens is 390 g/mol. The van der Waals surface area contributed by atoms with E-state index in [1.54, 1.807) is 6.08 Å². The van der Waals surface area contributed by atoms with Crippen LogP contribution in [0.2, 0.25) is 5.02 Å². The van der Waals surface area contributed by atoms with E-state index in [2.05, 4.69) is 24.2 Å². The number of aromatic nitrogens is 1. The monoisotopic (exact) mass is 411 g/mol. The summed E-state index contributed by atoms with van der Waals surface area (Å²) >= 11 is 6.63. The number of sulfone groups is 1. The molecule has 1 unspecified atom stereocenters. The fraction of sp³-hybridized carbons (Fsp3) is 0.217. The first-order chi connectivity index (χ1) is 13.4. The molecule has 5 heteroatoms. The van der Waals surface area contributed by atoms with Crippen LogP contribution < -0.4 is 0 Å². The van der Waals surface area contributed by atoms with Gasteiger partial charge in [-0.3, -0.25) is 0 Å². The zero-order valence-electron chi connectivity index (χ0n) is 15.5. The molecule has 28 heavy (non-hydrogen) atoms. The molecule has 3 aromatic rings. The second kappa shape index (κ2) is 7.26. The van der Waals surface area contributed by atoms with Gasteiger partial charge in [0.05, 0.1) is 5.75 Å². The van der Waals surface area contributed by atoms with Gasteiger partial charge in [0.1, 0.15) is 0 Å². The van der Waals surface area contributed by atoms with Crippen LogP contribution in [0.4, 0.5) is 0 Å². The van der Waals surface area contributed by atoms with Crippen molar-refractivity contribution < 1.29 is 8.42 Å². The molecule has 1 N–H and O–H groups in total. The summed E-state index contributed by atoms with van der Waals surface area (Å²) in [7, 11) is -3.33. The number of benzene rings is 2. The molecule has 1 fully saturated rings. The van der Waals surface area contributed by atoms with E-state index < -0.39 is 9.84 Å². The van der Waals surface area contributed by atoms with Gasteiger partial charge in [0.15, 0.2) is 9.84 Å². The summed E-state index contributed by atoms with van der Waals surface area (Å²) in [6.45, 7) is 7.23. The Bertz CT molecular complexity index is 1170. The molecule has 144 valence electrons. The number of fused-ring (bicyclic) bond motifs is 1. The maximum atomic E-state index is 12.0. The molecule has 1 aromatic heterocycles. The summed E-state index contributed by atoms with van der Waals surface area (Å²) in [4.78, 5) is 3.32. The molecule has 1 heterocycles. The molecular formula is C23H22ClNO2S. The molecule has 0 amide bonds. The minimum Gasteiger partial charge on any atom is -0.361 e. The molecule has 3 nitrogen and oxygen atoms in total. The number of para-hydroxylation sites is 1. The first-order valence-electron chi connectivity index (χ1n) is 9.29. The van der Waals surface area contributed by atoms with Crippen LogP contribution in [0.15, 0.2) is 61.2 Å². The van der Waals surface area contributed by atoms with Gasteiger partial charge in [0.25, 0.3) is 0 Å².